The molecule has 0 heterocycles. The first-order chi connectivity index (χ1) is 6.24. The average molecular weight is 203 g/mol. The lowest BCUT2D eigenvalue weighted by atomic mass is 10.3. The summed E-state index contributed by atoms with van der Waals surface area (Å²) < 4.78 is 27.7. The molecule has 0 aromatic heterocycles. The van der Waals surface area contributed by atoms with Gasteiger partial charge in [0.05, 0.1) is 7.11 Å². The molecule has 0 aliphatic carbocycles. The molecule has 72 valence electrons. The van der Waals surface area contributed by atoms with Gasteiger partial charge in [0, 0.05) is 0 Å². The van der Waals surface area contributed by atoms with Gasteiger partial charge in [-0.15, -0.1) is 4.28 Å². The van der Waals surface area contributed by atoms with Gasteiger partial charge in [-0.3, -0.25) is 4.55 Å². The summed E-state index contributed by atoms with van der Waals surface area (Å²) in [5, 5.41) is 0. The van der Waals surface area contributed by atoms with Crippen molar-refractivity contribution >= 4 is 17.0 Å². The highest BCUT2D eigenvalue weighted by Gasteiger charge is 2.01. The van der Waals surface area contributed by atoms with E-state index in [0.717, 1.165) is 0 Å². The van der Waals surface area contributed by atoms with E-state index in [-0.39, 0.29) is 0 Å². The molecule has 0 aliphatic rings. The van der Waals surface area contributed by atoms with Crippen molar-refractivity contribution in [1.82, 2.24) is 0 Å². The van der Waals surface area contributed by atoms with Crippen LogP contribution in [0.5, 0.6) is 5.75 Å². The predicted molar refractivity (Wildman–Crippen MR) is 48.5 cm³/mol. The highest BCUT2D eigenvalue weighted by atomic mass is 32.2. The van der Waals surface area contributed by atoms with E-state index in [9.17, 15) is 4.21 Å². The smallest absolute Gasteiger partial charge is 0.324 e. The molecule has 1 atom stereocenters. The number of rotatable bonds is 4. The van der Waals surface area contributed by atoms with Crippen LogP contribution in [-0.4, -0.2) is 15.9 Å². The Morgan fingerprint density at radius 3 is 2.77 bits per heavy atom. The Balaban J connectivity index is 2.69. The Hall–Kier alpha value is -1.11. The summed E-state index contributed by atoms with van der Waals surface area (Å²) >= 11 is -2.34. The molecule has 6 heteroatoms. The zero-order valence-corrected chi connectivity index (χ0v) is 7.71. The van der Waals surface area contributed by atoms with Gasteiger partial charge in [0.15, 0.2) is 0 Å². The van der Waals surface area contributed by atoms with Crippen LogP contribution >= 0.6 is 0 Å². The Morgan fingerprint density at radius 2 is 2.15 bits per heavy atom. The summed E-state index contributed by atoms with van der Waals surface area (Å²) in [4.78, 5) is 0. The van der Waals surface area contributed by atoms with Crippen LogP contribution in [0.2, 0.25) is 0 Å². The fourth-order valence-corrected chi connectivity index (χ4v) is 0.971. The Bertz CT molecular complexity index is 304. The highest BCUT2D eigenvalue weighted by Crippen LogP contribution is 2.22. The van der Waals surface area contributed by atoms with Crippen molar-refractivity contribution in [2.24, 2.45) is 0 Å². The molecule has 5 nitrogen and oxygen atoms in total. The van der Waals surface area contributed by atoms with Gasteiger partial charge in [-0.1, -0.05) is 12.1 Å². The Morgan fingerprint density at radius 1 is 1.46 bits per heavy atom. The van der Waals surface area contributed by atoms with E-state index in [1.807, 2.05) is 0 Å². The van der Waals surface area contributed by atoms with Gasteiger partial charge in [-0.25, -0.2) is 5.48 Å². The molecule has 1 rings (SSSR count). The standard InChI is InChI=1S/C7H9NO4S/c1-11-7-5-3-2-4-6(7)8-12-13(9)10/h2-5,8H,1H3,(H,9,10). The van der Waals surface area contributed by atoms with Gasteiger partial charge in [-0.05, 0) is 12.1 Å². The molecule has 0 saturated carbocycles. The maximum atomic E-state index is 10.2. The predicted octanol–water partition coefficient (Wildman–Crippen LogP) is 1.18. The summed E-state index contributed by atoms with van der Waals surface area (Å²) in [5.41, 5.74) is 2.78. The number of ether oxygens (including phenoxy) is 1. The van der Waals surface area contributed by atoms with E-state index in [1.54, 1.807) is 24.3 Å². The lowest BCUT2D eigenvalue weighted by Gasteiger charge is -2.07. The van der Waals surface area contributed by atoms with Crippen molar-refractivity contribution in [1.29, 1.82) is 0 Å². The van der Waals surface area contributed by atoms with Crippen LogP contribution in [0.15, 0.2) is 24.3 Å². The third-order valence-electron chi connectivity index (χ3n) is 1.33. The fraction of sp³-hybridized carbons (Fsp3) is 0.143. The zero-order chi connectivity index (χ0) is 9.68. The lowest BCUT2D eigenvalue weighted by Crippen LogP contribution is -2.04. The van der Waals surface area contributed by atoms with Gasteiger partial charge in [0.1, 0.15) is 11.4 Å². The normalized spacial score (nSPS) is 12.2. The molecule has 1 unspecified atom stereocenters. The minimum atomic E-state index is -2.34. The number of hydrogen-bond acceptors (Lipinski definition) is 4. The molecule has 0 amide bonds. The van der Waals surface area contributed by atoms with Crippen LogP contribution in [0.25, 0.3) is 0 Å². The summed E-state index contributed by atoms with van der Waals surface area (Å²) in [6.45, 7) is 0. The van der Waals surface area contributed by atoms with Crippen LogP contribution in [0.4, 0.5) is 5.69 Å². The number of anilines is 1. The minimum absolute atomic E-state index is 0.493. The van der Waals surface area contributed by atoms with Crippen LogP contribution in [-0.2, 0) is 15.6 Å². The van der Waals surface area contributed by atoms with Crippen LogP contribution < -0.4 is 10.2 Å². The lowest BCUT2D eigenvalue weighted by molar-refractivity contribution is 0.365. The van der Waals surface area contributed by atoms with Gasteiger partial charge in [-0.2, -0.15) is 4.21 Å². The minimum Gasteiger partial charge on any atom is -0.495 e. The first-order valence-electron chi connectivity index (χ1n) is 3.41. The van der Waals surface area contributed by atoms with Crippen LogP contribution in [0.3, 0.4) is 0 Å². The summed E-state index contributed by atoms with van der Waals surface area (Å²) in [6.07, 6.45) is 0. The number of benzene rings is 1. The van der Waals surface area contributed by atoms with E-state index in [4.69, 9.17) is 9.29 Å². The van der Waals surface area contributed by atoms with Gasteiger partial charge >= 0.3 is 11.4 Å². The fourth-order valence-electron chi connectivity index (χ4n) is 0.809. The first-order valence-corrected chi connectivity index (χ1v) is 4.44. The molecule has 0 spiro atoms. The van der Waals surface area contributed by atoms with Crippen LogP contribution in [0.1, 0.15) is 0 Å². The van der Waals surface area contributed by atoms with Crippen molar-refractivity contribution < 1.29 is 17.8 Å². The second kappa shape index (κ2) is 4.80. The molecule has 0 radical (unpaired) electrons. The SMILES string of the molecule is COc1ccccc1NOS(=O)O. The number of para-hydroxylation sites is 2. The second-order valence-electron chi connectivity index (χ2n) is 2.10. The van der Waals surface area contributed by atoms with E-state index < -0.39 is 11.4 Å². The van der Waals surface area contributed by atoms with Crippen LogP contribution in [0, 0.1) is 0 Å². The van der Waals surface area contributed by atoms with Crippen molar-refractivity contribution in [3.63, 3.8) is 0 Å². The molecule has 0 fully saturated rings. The van der Waals surface area contributed by atoms with Gasteiger partial charge in [0.25, 0.3) is 0 Å². The quantitative estimate of drug-likeness (QED) is 0.568. The second-order valence-corrected chi connectivity index (χ2v) is 2.70. The van der Waals surface area contributed by atoms with E-state index in [1.165, 1.54) is 7.11 Å². The van der Waals surface area contributed by atoms with Crippen molar-refractivity contribution in [3.05, 3.63) is 24.3 Å². The zero-order valence-electron chi connectivity index (χ0n) is 6.89. The summed E-state index contributed by atoms with van der Waals surface area (Å²) in [5.74, 6) is 0.535. The molecule has 0 bridgehead atoms. The molecule has 0 aliphatic heterocycles. The molecule has 0 saturated heterocycles. The molecule has 13 heavy (non-hydrogen) atoms. The third-order valence-corrected chi connectivity index (χ3v) is 1.56. The summed E-state index contributed by atoms with van der Waals surface area (Å²) in [6, 6.07) is 6.88. The van der Waals surface area contributed by atoms with E-state index >= 15 is 0 Å². The number of nitrogens with one attached hydrogen (secondary N) is 1. The maximum Gasteiger partial charge on any atom is 0.324 e. The Kier molecular flexibility index (Phi) is 3.69. The third kappa shape index (κ3) is 3.02. The van der Waals surface area contributed by atoms with E-state index in [2.05, 4.69) is 9.76 Å². The van der Waals surface area contributed by atoms with Gasteiger partial charge in [0.2, 0.25) is 0 Å². The van der Waals surface area contributed by atoms with Crippen molar-refractivity contribution in [2.45, 2.75) is 0 Å². The monoisotopic (exact) mass is 203 g/mol. The van der Waals surface area contributed by atoms with Crippen molar-refractivity contribution in [3.8, 4) is 5.75 Å². The average Bonchev–Trinajstić information content (AvgIpc) is 2.15. The van der Waals surface area contributed by atoms with Crippen molar-refractivity contribution in [2.75, 3.05) is 12.6 Å². The largest absolute Gasteiger partial charge is 0.495 e. The molecule has 1 aromatic carbocycles. The Labute approximate surface area is 78.1 Å². The number of methoxy groups -OCH3 is 1. The first kappa shape index (κ1) is 9.97. The molecular formula is C7H9NO4S. The topological polar surface area (TPSA) is 67.8 Å². The molecule has 2 N–H and O–H groups in total. The molecule has 1 aromatic rings. The highest BCUT2D eigenvalue weighted by molar-refractivity contribution is 7.74. The van der Waals surface area contributed by atoms with E-state index in [0.29, 0.717) is 11.4 Å². The number of hydrogen-bond donors (Lipinski definition) is 2. The van der Waals surface area contributed by atoms with Gasteiger partial charge < -0.3 is 4.74 Å². The summed E-state index contributed by atoms with van der Waals surface area (Å²) in [7, 11) is 1.50. The maximum absolute atomic E-state index is 10.2. The molecular weight excluding hydrogens is 194 g/mol.